The summed E-state index contributed by atoms with van der Waals surface area (Å²) >= 11 is 0. The topological polar surface area (TPSA) is 51.9 Å². The molecule has 0 saturated heterocycles. The number of benzene rings is 1. The predicted octanol–water partition coefficient (Wildman–Crippen LogP) is 1.56. The molecule has 0 aliphatic rings. The van der Waals surface area contributed by atoms with Crippen molar-refractivity contribution in [2.24, 2.45) is 14.1 Å². The van der Waals surface area contributed by atoms with Crippen LogP contribution in [0.1, 0.15) is 11.1 Å². The van der Waals surface area contributed by atoms with Gasteiger partial charge in [-0.25, -0.2) is 4.79 Å². The maximum absolute atomic E-state index is 11.9. The quantitative estimate of drug-likeness (QED) is 0.790. The summed E-state index contributed by atoms with van der Waals surface area (Å²) in [6.07, 6.45) is 3.59. The van der Waals surface area contributed by atoms with Gasteiger partial charge >= 0.3 is 5.69 Å². The van der Waals surface area contributed by atoms with Crippen LogP contribution >= 0.6 is 0 Å². The molecule has 0 unspecified atom stereocenters. The second-order valence-corrected chi connectivity index (χ2v) is 5.18. The minimum Gasteiger partial charge on any atom is -0.309 e. The van der Waals surface area contributed by atoms with Crippen LogP contribution < -0.4 is 11.0 Å². The maximum atomic E-state index is 11.9. The van der Waals surface area contributed by atoms with Crippen LogP contribution in [-0.2, 0) is 27.2 Å². The number of fused-ring (bicyclic) bond motifs is 1. The van der Waals surface area contributed by atoms with Gasteiger partial charge in [0.2, 0.25) is 0 Å². The molecule has 2 aromatic heterocycles. The summed E-state index contributed by atoms with van der Waals surface area (Å²) < 4.78 is 3.35. The Morgan fingerprint density at radius 1 is 0.952 bits per heavy atom. The molecule has 2 heterocycles. The number of hydrogen-bond acceptors (Lipinski definition) is 3. The van der Waals surface area contributed by atoms with Crippen molar-refractivity contribution in [3.63, 3.8) is 0 Å². The van der Waals surface area contributed by atoms with E-state index in [1.165, 1.54) is 5.56 Å². The van der Waals surface area contributed by atoms with Crippen LogP contribution in [0.5, 0.6) is 0 Å². The van der Waals surface area contributed by atoms with Crippen molar-refractivity contribution in [2.45, 2.75) is 13.1 Å². The number of rotatable bonds is 4. The van der Waals surface area contributed by atoms with Crippen molar-refractivity contribution in [1.29, 1.82) is 0 Å². The average Bonchev–Trinajstić information content (AvgIpc) is 2.73. The lowest BCUT2D eigenvalue weighted by atomic mass is 10.2. The molecule has 0 radical (unpaired) electrons. The Morgan fingerprint density at radius 2 is 1.62 bits per heavy atom. The molecule has 3 rings (SSSR count). The second-order valence-electron chi connectivity index (χ2n) is 5.18. The Balaban J connectivity index is 1.76. The molecule has 1 aromatic carbocycles. The van der Waals surface area contributed by atoms with Crippen LogP contribution in [0.4, 0.5) is 0 Å². The molecule has 0 fully saturated rings. The molecule has 0 spiro atoms. The van der Waals surface area contributed by atoms with E-state index in [4.69, 9.17) is 0 Å². The van der Waals surface area contributed by atoms with Crippen LogP contribution in [0.25, 0.3) is 11.0 Å². The van der Waals surface area contributed by atoms with Gasteiger partial charge in [0.05, 0.1) is 11.0 Å². The third-order valence-electron chi connectivity index (χ3n) is 3.74. The molecule has 108 valence electrons. The fourth-order valence-corrected chi connectivity index (χ4v) is 2.51. The number of nitrogens with zero attached hydrogens (tertiary/aromatic N) is 3. The minimum absolute atomic E-state index is 0.00638. The zero-order valence-electron chi connectivity index (χ0n) is 12.2. The van der Waals surface area contributed by atoms with E-state index in [-0.39, 0.29) is 5.69 Å². The summed E-state index contributed by atoms with van der Waals surface area (Å²) in [7, 11) is 3.60. The van der Waals surface area contributed by atoms with Gasteiger partial charge in [-0.15, -0.1) is 0 Å². The molecule has 0 bridgehead atoms. The first-order valence-corrected chi connectivity index (χ1v) is 6.91. The van der Waals surface area contributed by atoms with Crippen molar-refractivity contribution < 1.29 is 0 Å². The highest BCUT2D eigenvalue weighted by atomic mass is 16.1. The first kappa shape index (κ1) is 13.6. The average molecular weight is 282 g/mol. The number of aromatic nitrogens is 3. The van der Waals surface area contributed by atoms with Gasteiger partial charge in [0.1, 0.15) is 0 Å². The molecule has 1 N–H and O–H groups in total. The summed E-state index contributed by atoms with van der Waals surface area (Å²) in [6.45, 7) is 1.57. The van der Waals surface area contributed by atoms with Crippen molar-refractivity contribution in [1.82, 2.24) is 19.4 Å². The lowest BCUT2D eigenvalue weighted by molar-refractivity contribution is 0.693. The van der Waals surface area contributed by atoms with Crippen molar-refractivity contribution in [2.75, 3.05) is 0 Å². The van der Waals surface area contributed by atoms with E-state index >= 15 is 0 Å². The number of aryl methyl sites for hydroxylation is 2. The van der Waals surface area contributed by atoms with E-state index < -0.39 is 0 Å². The van der Waals surface area contributed by atoms with Gasteiger partial charge in [-0.05, 0) is 35.4 Å². The first-order valence-electron chi connectivity index (χ1n) is 6.91. The minimum atomic E-state index is 0.00638. The molecule has 0 amide bonds. The first-order chi connectivity index (χ1) is 10.2. The van der Waals surface area contributed by atoms with Crippen molar-refractivity contribution in [3.8, 4) is 0 Å². The Hall–Kier alpha value is -2.40. The molecule has 5 heteroatoms. The summed E-state index contributed by atoms with van der Waals surface area (Å²) in [5.74, 6) is 0. The summed E-state index contributed by atoms with van der Waals surface area (Å²) in [4.78, 5) is 15.9. The highest BCUT2D eigenvalue weighted by Crippen LogP contribution is 2.14. The number of pyridine rings is 1. The number of nitrogens with one attached hydrogen (secondary N) is 1. The van der Waals surface area contributed by atoms with Gasteiger partial charge in [0.15, 0.2) is 0 Å². The lowest BCUT2D eigenvalue weighted by Crippen LogP contribution is -2.19. The molecule has 0 aliphatic heterocycles. The largest absolute Gasteiger partial charge is 0.328 e. The second kappa shape index (κ2) is 5.54. The number of imidazole rings is 1. The van der Waals surface area contributed by atoms with Gasteiger partial charge < -0.3 is 5.32 Å². The Labute approximate surface area is 122 Å². The van der Waals surface area contributed by atoms with Crippen molar-refractivity contribution in [3.05, 3.63) is 64.3 Å². The van der Waals surface area contributed by atoms with E-state index in [2.05, 4.69) is 22.4 Å². The van der Waals surface area contributed by atoms with Crippen LogP contribution in [-0.4, -0.2) is 14.1 Å². The SMILES string of the molecule is Cn1c(=O)n(C)c2cc(CNCc3ccncc3)ccc21. The van der Waals surface area contributed by atoms with E-state index in [9.17, 15) is 4.79 Å². The highest BCUT2D eigenvalue weighted by molar-refractivity contribution is 5.76. The third-order valence-corrected chi connectivity index (χ3v) is 3.74. The van der Waals surface area contributed by atoms with Crippen molar-refractivity contribution >= 4 is 11.0 Å². The summed E-state index contributed by atoms with van der Waals surface area (Å²) in [5, 5.41) is 3.40. The van der Waals surface area contributed by atoms with Crippen LogP contribution in [0, 0.1) is 0 Å². The Kier molecular flexibility index (Phi) is 3.58. The zero-order chi connectivity index (χ0) is 14.8. The van der Waals surface area contributed by atoms with Gasteiger partial charge in [-0.1, -0.05) is 6.07 Å². The van der Waals surface area contributed by atoms with Crippen LogP contribution in [0.3, 0.4) is 0 Å². The van der Waals surface area contributed by atoms with E-state index in [0.717, 1.165) is 29.7 Å². The molecular formula is C16H18N4O. The van der Waals surface area contributed by atoms with Gasteiger partial charge in [-0.2, -0.15) is 0 Å². The normalized spacial score (nSPS) is 11.1. The Morgan fingerprint density at radius 3 is 2.38 bits per heavy atom. The molecule has 0 saturated carbocycles. The fraction of sp³-hybridized carbons (Fsp3) is 0.250. The van der Waals surface area contributed by atoms with Crippen LogP contribution in [0.15, 0.2) is 47.5 Å². The maximum Gasteiger partial charge on any atom is 0.328 e. The molecule has 0 atom stereocenters. The molecular weight excluding hydrogens is 264 g/mol. The highest BCUT2D eigenvalue weighted by Gasteiger charge is 2.07. The predicted molar refractivity (Wildman–Crippen MR) is 82.9 cm³/mol. The molecule has 5 nitrogen and oxygen atoms in total. The Bertz CT molecular complexity index is 817. The fourth-order valence-electron chi connectivity index (χ4n) is 2.51. The molecule has 21 heavy (non-hydrogen) atoms. The van der Waals surface area contributed by atoms with Crippen LogP contribution in [0.2, 0.25) is 0 Å². The van der Waals surface area contributed by atoms with E-state index in [0.29, 0.717) is 0 Å². The van der Waals surface area contributed by atoms with E-state index in [1.54, 1.807) is 35.6 Å². The molecule has 0 aliphatic carbocycles. The summed E-state index contributed by atoms with van der Waals surface area (Å²) in [6, 6.07) is 10.1. The number of hydrogen-bond donors (Lipinski definition) is 1. The zero-order valence-corrected chi connectivity index (χ0v) is 12.2. The summed E-state index contributed by atoms with van der Waals surface area (Å²) in [5.41, 5.74) is 4.30. The van der Waals surface area contributed by atoms with E-state index in [1.807, 2.05) is 18.2 Å². The van der Waals surface area contributed by atoms with Gasteiger partial charge in [0, 0.05) is 39.6 Å². The van der Waals surface area contributed by atoms with Gasteiger partial charge in [-0.3, -0.25) is 14.1 Å². The lowest BCUT2D eigenvalue weighted by Gasteiger charge is -2.06. The monoisotopic (exact) mass is 282 g/mol. The smallest absolute Gasteiger partial charge is 0.309 e. The molecule has 3 aromatic rings. The van der Waals surface area contributed by atoms with Gasteiger partial charge in [0.25, 0.3) is 0 Å². The standard InChI is InChI=1S/C16H18N4O/c1-19-14-4-3-13(9-15(14)20(2)16(19)21)11-18-10-12-5-7-17-8-6-12/h3-9,18H,10-11H2,1-2H3. The third kappa shape index (κ3) is 2.60.